The van der Waals surface area contributed by atoms with Crippen molar-refractivity contribution in [2.24, 2.45) is 0 Å². The maximum atomic E-state index is 12.5. The summed E-state index contributed by atoms with van der Waals surface area (Å²) in [5.74, 6) is 0.373. The molecular weight excluding hydrogens is 338 g/mol. The van der Waals surface area contributed by atoms with Gasteiger partial charge in [0.25, 0.3) is 5.91 Å². The number of hydrogen-bond acceptors (Lipinski definition) is 4. The molecule has 2 aromatic heterocycles. The minimum atomic E-state index is -0.275. The van der Waals surface area contributed by atoms with Crippen molar-refractivity contribution < 1.29 is 4.79 Å². The summed E-state index contributed by atoms with van der Waals surface area (Å²) in [6, 6.07) is 5.76. The zero-order valence-electron chi connectivity index (χ0n) is 13.4. The summed E-state index contributed by atoms with van der Waals surface area (Å²) in [4.78, 5) is 20.8. The quantitative estimate of drug-likeness (QED) is 0.703. The minimum absolute atomic E-state index is 0.0719. The summed E-state index contributed by atoms with van der Waals surface area (Å²) in [6.07, 6.45) is 7.47. The van der Waals surface area contributed by atoms with Gasteiger partial charge in [-0.1, -0.05) is 24.4 Å². The van der Waals surface area contributed by atoms with Gasteiger partial charge in [0.05, 0.1) is 21.5 Å². The number of benzene rings is 1. The number of fused-ring (bicyclic) bond motifs is 3. The van der Waals surface area contributed by atoms with E-state index in [1.54, 1.807) is 0 Å². The standard InChI is InChI=1S/C18H16ClN5O/c19-13-8-10(24-6-3-11-15(20)21-9-22-16(11)24)7-12-14(13)17(25)23-18(12)4-1-2-5-18/h3,6-9H,1-2,4-5H2,(H,23,25)(H2,20,21,22). The van der Waals surface area contributed by atoms with E-state index in [-0.39, 0.29) is 11.4 Å². The van der Waals surface area contributed by atoms with E-state index in [2.05, 4.69) is 21.4 Å². The van der Waals surface area contributed by atoms with Crippen LogP contribution in [-0.4, -0.2) is 20.4 Å². The fourth-order valence-electron chi connectivity index (χ4n) is 4.24. The molecule has 3 N–H and O–H groups in total. The zero-order chi connectivity index (χ0) is 17.2. The summed E-state index contributed by atoms with van der Waals surface area (Å²) in [6.45, 7) is 0. The average Bonchev–Trinajstić information content (AvgIpc) is 3.27. The Morgan fingerprint density at radius 1 is 1.24 bits per heavy atom. The van der Waals surface area contributed by atoms with Gasteiger partial charge in [-0.25, -0.2) is 9.97 Å². The van der Waals surface area contributed by atoms with Crippen LogP contribution in [0.2, 0.25) is 5.02 Å². The van der Waals surface area contributed by atoms with Crippen molar-refractivity contribution in [2.45, 2.75) is 31.2 Å². The van der Waals surface area contributed by atoms with Crippen molar-refractivity contribution in [3.63, 3.8) is 0 Å². The number of amides is 1. The third-order valence-electron chi connectivity index (χ3n) is 5.42. The lowest BCUT2D eigenvalue weighted by Crippen LogP contribution is -2.36. The second kappa shape index (κ2) is 4.95. The van der Waals surface area contributed by atoms with E-state index < -0.39 is 0 Å². The van der Waals surface area contributed by atoms with Crippen molar-refractivity contribution in [1.82, 2.24) is 19.9 Å². The molecule has 0 atom stereocenters. The highest BCUT2D eigenvalue weighted by Crippen LogP contribution is 2.46. The molecule has 0 saturated heterocycles. The molecule has 1 fully saturated rings. The van der Waals surface area contributed by atoms with Crippen LogP contribution in [0, 0.1) is 0 Å². The van der Waals surface area contributed by atoms with Gasteiger partial charge in [0.15, 0.2) is 0 Å². The first-order valence-electron chi connectivity index (χ1n) is 8.33. The van der Waals surface area contributed by atoms with E-state index in [0.29, 0.717) is 16.4 Å². The summed E-state index contributed by atoms with van der Waals surface area (Å²) < 4.78 is 1.94. The van der Waals surface area contributed by atoms with Crippen molar-refractivity contribution in [3.05, 3.63) is 46.9 Å². The van der Waals surface area contributed by atoms with Gasteiger partial charge in [-0.2, -0.15) is 0 Å². The number of rotatable bonds is 1. The Morgan fingerprint density at radius 3 is 2.84 bits per heavy atom. The molecule has 3 heterocycles. The smallest absolute Gasteiger partial charge is 0.253 e. The Bertz CT molecular complexity index is 1040. The van der Waals surface area contributed by atoms with Crippen molar-refractivity contribution in [3.8, 4) is 5.69 Å². The first kappa shape index (κ1) is 14.7. The van der Waals surface area contributed by atoms with Crippen LogP contribution in [0.1, 0.15) is 41.6 Å². The summed E-state index contributed by atoms with van der Waals surface area (Å²) in [5, 5.41) is 4.44. The van der Waals surface area contributed by atoms with E-state index in [9.17, 15) is 4.79 Å². The number of nitrogens with two attached hydrogens (primary N) is 1. The summed E-state index contributed by atoms with van der Waals surface area (Å²) in [5.41, 5.74) is 8.87. The number of carbonyl (C=O) groups is 1. The number of hydrogen-bond donors (Lipinski definition) is 2. The highest BCUT2D eigenvalue weighted by molar-refractivity contribution is 6.34. The number of nitrogens with zero attached hydrogens (tertiary/aromatic N) is 3. The topological polar surface area (TPSA) is 85.8 Å². The van der Waals surface area contributed by atoms with E-state index >= 15 is 0 Å². The maximum absolute atomic E-state index is 12.5. The van der Waals surface area contributed by atoms with Crippen LogP contribution in [0.4, 0.5) is 5.82 Å². The SMILES string of the molecule is Nc1ncnc2c1ccn2-c1cc(Cl)c2c(c1)C1(CCCC1)NC2=O. The number of anilines is 1. The Hall–Kier alpha value is -2.60. The molecule has 0 radical (unpaired) electrons. The maximum Gasteiger partial charge on any atom is 0.253 e. The largest absolute Gasteiger partial charge is 0.383 e. The summed E-state index contributed by atoms with van der Waals surface area (Å²) in [7, 11) is 0. The van der Waals surface area contributed by atoms with E-state index in [1.807, 2.05) is 22.9 Å². The first-order valence-corrected chi connectivity index (χ1v) is 8.71. The van der Waals surface area contributed by atoms with Gasteiger partial charge in [0.2, 0.25) is 0 Å². The number of carbonyl (C=O) groups excluding carboxylic acids is 1. The molecule has 1 saturated carbocycles. The second-order valence-corrected chi connectivity index (χ2v) is 7.18. The molecule has 1 aromatic carbocycles. The highest BCUT2D eigenvalue weighted by Gasteiger charge is 2.45. The molecular formula is C18H16ClN5O. The lowest BCUT2D eigenvalue weighted by Gasteiger charge is -2.25. The van der Waals surface area contributed by atoms with Crippen LogP contribution in [0.15, 0.2) is 30.7 Å². The van der Waals surface area contributed by atoms with E-state index in [4.69, 9.17) is 17.3 Å². The molecule has 3 aromatic rings. The molecule has 1 aliphatic heterocycles. The van der Waals surface area contributed by atoms with E-state index in [1.165, 1.54) is 6.33 Å². The monoisotopic (exact) mass is 353 g/mol. The third-order valence-corrected chi connectivity index (χ3v) is 5.72. The lowest BCUT2D eigenvalue weighted by atomic mass is 9.88. The third kappa shape index (κ3) is 1.94. The second-order valence-electron chi connectivity index (χ2n) is 6.78. The van der Waals surface area contributed by atoms with Gasteiger partial charge in [0, 0.05) is 11.9 Å². The first-order chi connectivity index (χ1) is 12.1. The lowest BCUT2D eigenvalue weighted by molar-refractivity contribution is 0.0931. The van der Waals surface area contributed by atoms with Gasteiger partial charge in [-0.3, -0.25) is 4.79 Å². The van der Waals surface area contributed by atoms with Crippen LogP contribution in [0.25, 0.3) is 16.7 Å². The number of aromatic nitrogens is 3. The van der Waals surface area contributed by atoms with Gasteiger partial charge in [-0.05, 0) is 36.6 Å². The highest BCUT2D eigenvalue weighted by atomic mass is 35.5. The minimum Gasteiger partial charge on any atom is -0.383 e. The Labute approximate surface area is 149 Å². The van der Waals surface area contributed by atoms with E-state index in [0.717, 1.165) is 48.0 Å². The van der Waals surface area contributed by atoms with Crippen LogP contribution in [0.3, 0.4) is 0 Å². The predicted octanol–water partition coefficient (Wildman–Crippen LogP) is 3.17. The normalized spacial score (nSPS) is 18.0. The van der Waals surface area contributed by atoms with Gasteiger partial charge < -0.3 is 15.6 Å². The molecule has 5 rings (SSSR count). The molecule has 1 amide bonds. The molecule has 25 heavy (non-hydrogen) atoms. The van der Waals surface area contributed by atoms with Crippen molar-refractivity contribution in [2.75, 3.05) is 5.73 Å². The number of nitrogen functional groups attached to an aromatic ring is 1. The molecule has 1 aliphatic carbocycles. The Kier molecular flexibility index (Phi) is 2.92. The number of halogens is 1. The number of nitrogens with one attached hydrogen (secondary N) is 1. The van der Waals surface area contributed by atoms with Crippen LogP contribution in [0.5, 0.6) is 0 Å². The predicted molar refractivity (Wildman–Crippen MR) is 95.9 cm³/mol. The fraction of sp³-hybridized carbons (Fsp3) is 0.278. The van der Waals surface area contributed by atoms with Crippen LogP contribution in [-0.2, 0) is 5.54 Å². The van der Waals surface area contributed by atoms with Crippen LogP contribution < -0.4 is 11.1 Å². The molecule has 7 heteroatoms. The Morgan fingerprint density at radius 2 is 2.04 bits per heavy atom. The van der Waals surface area contributed by atoms with Gasteiger partial charge in [-0.15, -0.1) is 0 Å². The molecule has 6 nitrogen and oxygen atoms in total. The average molecular weight is 354 g/mol. The van der Waals surface area contributed by atoms with Gasteiger partial charge >= 0.3 is 0 Å². The van der Waals surface area contributed by atoms with Crippen molar-refractivity contribution >= 4 is 34.4 Å². The fourth-order valence-corrected chi connectivity index (χ4v) is 4.54. The molecule has 0 unspecified atom stereocenters. The Balaban J connectivity index is 1.75. The summed E-state index contributed by atoms with van der Waals surface area (Å²) >= 11 is 6.50. The molecule has 126 valence electrons. The van der Waals surface area contributed by atoms with Gasteiger partial charge in [0.1, 0.15) is 17.8 Å². The molecule has 1 spiro atoms. The van der Waals surface area contributed by atoms with Crippen LogP contribution >= 0.6 is 11.6 Å². The van der Waals surface area contributed by atoms with Crippen molar-refractivity contribution in [1.29, 1.82) is 0 Å². The molecule has 2 aliphatic rings. The molecule has 0 bridgehead atoms. The zero-order valence-corrected chi connectivity index (χ0v) is 14.2.